The summed E-state index contributed by atoms with van der Waals surface area (Å²) >= 11 is 17.6. The van der Waals surface area contributed by atoms with Crippen LogP contribution < -0.4 is 9.80 Å². The molecule has 1 heterocycles. The SMILES string of the molecule is N#Cc1ccc(N2C(=O)C(CCl)(CCl)N(c3ccc(O)cc3)C2=S)cc1C(F)(F)F. The summed E-state index contributed by atoms with van der Waals surface area (Å²) in [5.74, 6) is -1.33. The fraction of sp³-hybridized carbons (Fsp3) is 0.211. The molecule has 2 aromatic rings. The van der Waals surface area contributed by atoms with Crippen LogP contribution in [-0.4, -0.2) is 33.4 Å². The van der Waals surface area contributed by atoms with E-state index in [1.165, 1.54) is 41.3 Å². The number of phenols is 1. The Kier molecular flexibility index (Phi) is 5.87. The molecule has 0 radical (unpaired) electrons. The number of hydrogen-bond donors (Lipinski definition) is 1. The van der Waals surface area contributed by atoms with Crippen molar-refractivity contribution in [2.24, 2.45) is 0 Å². The summed E-state index contributed by atoms with van der Waals surface area (Å²) in [6, 6.07) is 10.0. The summed E-state index contributed by atoms with van der Waals surface area (Å²) in [6.45, 7) is 0. The summed E-state index contributed by atoms with van der Waals surface area (Å²) < 4.78 is 40.2. The van der Waals surface area contributed by atoms with E-state index in [9.17, 15) is 23.1 Å². The number of rotatable bonds is 4. The van der Waals surface area contributed by atoms with Crippen molar-refractivity contribution in [3.8, 4) is 11.8 Å². The van der Waals surface area contributed by atoms with Crippen molar-refractivity contribution in [1.82, 2.24) is 0 Å². The molecule has 0 aliphatic carbocycles. The average molecular weight is 474 g/mol. The zero-order chi connectivity index (χ0) is 22.3. The van der Waals surface area contributed by atoms with Crippen LogP contribution in [0.15, 0.2) is 42.5 Å². The van der Waals surface area contributed by atoms with Gasteiger partial charge in [-0.05, 0) is 54.7 Å². The normalized spacial score (nSPS) is 16.1. The molecule has 156 valence electrons. The number of nitriles is 1. The van der Waals surface area contributed by atoms with Gasteiger partial charge in [-0.15, -0.1) is 23.2 Å². The van der Waals surface area contributed by atoms with Crippen LogP contribution in [0.5, 0.6) is 5.75 Å². The number of aromatic hydroxyl groups is 1. The van der Waals surface area contributed by atoms with Crippen molar-refractivity contribution in [2.75, 3.05) is 21.6 Å². The molecular formula is C19H12Cl2F3N3O2S. The summed E-state index contributed by atoms with van der Waals surface area (Å²) in [5, 5.41) is 18.4. The third-order valence-corrected chi connectivity index (χ3v) is 5.90. The number of alkyl halides is 5. The lowest BCUT2D eigenvalue weighted by Crippen LogP contribution is -2.53. The van der Waals surface area contributed by atoms with Crippen LogP contribution in [0.1, 0.15) is 11.1 Å². The number of hydrogen-bond acceptors (Lipinski definition) is 4. The summed E-state index contributed by atoms with van der Waals surface area (Å²) in [7, 11) is 0. The standard InChI is InChI=1S/C19H12Cl2F3N3O2S/c20-9-18(10-21)16(29)26(17(30)27(18)12-3-5-14(28)6-4-12)13-2-1-11(8-25)15(7-13)19(22,23)24/h1-7,28H,9-10H2. The lowest BCUT2D eigenvalue weighted by atomic mass is 10.0. The van der Waals surface area contributed by atoms with Crippen molar-refractivity contribution in [3.05, 3.63) is 53.6 Å². The van der Waals surface area contributed by atoms with Crippen molar-refractivity contribution < 1.29 is 23.1 Å². The van der Waals surface area contributed by atoms with Crippen LogP contribution in [0.4, 0.5) is 24.5 Å². The number of carbonyl (C=O) groups excluding carboxylic acids is 1. The first kappa shape index (κ1) is 22.2. The van der Waals surface area contributed by atoms with E-state index in [0.29, 0.717) is 11.8 Å². The molecule has 30 heavy (non-hydrogen) atoms. The molecule has 1 amide bonds. The van der Waals surface area contributed by atoms with E-state index in [1.54, 1.807) is 0 Å². The zero-order valence-corrected chi connectivity index (χ0v) is 17.3. The van der Waals surface area contributed by atoms with Gasteiger partial charge in [0.1, 0.15) is 5.75 Å². The van der Waals surface area contributed by atoms with Crippen LogP contribution in [0.25, 0.3) is 0 Å². The number of nitrogens with zero attached hydrogens (tertiary/aromatic N) is 3. The second-order valence-corrected chi connectivity index (χ2v) is 7.31. The smallest absolute Gasteiger partial charge is 0.417 e. The van der Waals surface area contributed by atoms with Gasteiger partial charge < -0.3 is 10.0 Å². The maximum Gasteiger partial charge on any atom is 0.417 e. The molecule has 1 fully saturated rings. The molecule has 0 aromatic heterocycles. The Morgan fingerprint density at radius 2 is 1.67 bits per heavy atom. The molecule has 0 atom stereocenters. The Balaban J connectivity index is 2.18. The highest BCUT2D eigenvalue weighted by molar-refractivity contribution is 7.81. The minimum absolute atomic E-state index is 0.0312. The third-order valence-electron chi connectivity index (χ3n) is 4.65. The predicted octanol–water partition coefficient (Wildman–Crippen LogP) is 4.64. The first-order valence-corrected chi connectivity index (χ1v) is 9.79. The van der Waals surface area contributed by atoms with Crippen LogP contribution >= 0.6 is 35.4 Å². The van der Waals surface area contributed by atoms with Crippen molar-refractivity contribution in [2.45, 2.75) is 11.7 Å². The number of phenolic OH excluding ortho intramolecular Hbond substituents is 1. The van der Waals surface area contributed by atoms with Crippen LogP contribution in [0, 0.1) is 11.3 Å². The van der Waals surface area contributed by atoms with Gasteiger partial charge >= 0.3 is 6.18 Å². The number of halogens is 5. The number of benzene rings is 2. The zero-order valence-electron chi connectivity index (χ0n) is 15.0. The van der Waals surface area contributed by atoms with Crippen molar-refractivity contribution in [1.29, 1.82) is 5.26 Å². The highest BCUT2D eigenvalue weighted by atomic mass is 35.5. The Labute approximate surface area is 184 Å². The maximum atomic E-state index is 13.4. The van der Waals surface area contributed by atoms with E-state index in [-0.39, 0.29) is 28.3 Å². The molecule has 5 nitrogen and oxygen atoms in total. The average Bonchev–Trinajstić information content (AvgIpc) is 2.94. The van der Waals surface area contributed by atoms with E-state index in [4.69, 9.17) is 40.7 Å². The number of anilines is 2. The first-order valence-electron chi connectivity index (χ1n) is 8.32. The molecule has 1 aliphatic heterocycles. The van der Waals surface area contributed by atoms with Crippen LogP contribution in [0.2, 0.25) is 0 Å². The van der Waals surface area contributed by atoms with Crippen LogP contribution in [-0.2, 0) is 11.0 Å². The Bertz CT molecular complexity index is 1050. The molecule has 0 bridgehead atoms. The lowest BCUT2D eigenvalue weighted by molar-refractivity contribution is -0.137. The molecule has 3 rings (SSSR count). The van der Waals surface area contributed by atoms with Gasteiger partial charge in [0.25, 0.3) is 5.91 Å². The minimum atomic E-state index is -4.81. The van der Waals surface area contributed by atoms with E-state index in [0.717, 1.165) is 11.0 Å². The lowest BCUT2D eigenvalue weighted by Gasteiger charge is -2.32. The molecule has 11 heteroatoms. The highest BCUT2D eigenvalue weighted by Crippen LogP contribution is 2.41. The molecule has 2 aromatic carbocycles. The quantitative estimate of drug-likeness (QED) is 0.517. The molecule has 1 saturated heterocycles. The van der Waals surface area contributed by atoms with E-state index in [2.05, 4.69) is 0 Å². The summed E-state index contributed by atoms with van der Waals surface area (Å²) in [5.41, 5.74) is -3.12. The Morgan fingerprint density at radius 1 is 1.10 bits per heavy atom. The van der Waals surface area contributed by atoms with Gasteiger partial charge in [-0.1, -0.05) is 0 Å². The maximum absolute atomic E-state index is 13.4. The molecule has 1 aliphatic rings. The fourth-order valence-electron chi connectivity index (χ4n) is 3.13. The van der Waals surface area contributed by atoms with Crippen LogP contribution in [0.3, 0.4) is 0 Å². The van der Waals surface area contributed by atoms with E-state index in [1.807, 2.05) is 0 Å². The van der Waals surface area contributed by atoms with Gasteiger partial charge in [-0.2, -0.15) is 18.4 Å². The second kappa shape index (κ2) is 7.95. The number of carbonyl (C=O) groups is 1. The topological polar surface area (TPSA) is 67.6 Å². The van der Waals surface area contributed by atoms with Gasteiger partial charge in [0.05, 0.1) is 34.6 Å². The fourth-order valence-corrected chi connectivity index (χ4v) is 4.36. The first-order chi connectivity index (χ1) is 14.1. The monoisotopic (exact) mass is 473 g/mol. The van der Waals surface area contributed by atoms with Gasteiger partial charge in [-0.3, -0.25) is 9.69 Å². The summed E-state index contributed by atoms with van der Waals surface area (Å²) in [6.07, 6.45) is -4.81. The Morgan fingerprint density at radius 3 is 2.17 bits per heavy atom. The molecule has 0 saturated carbocycles. The Hall–Kier alpha value is -2.54. The third kappa shape index (κ3) is 3.45. The van der Waals surface area contributed by atoms with Gasteiger partial charge in [-0.25, -0.2) is 0 Å². The van der Waals surface area contributed by atoms with E-state index >= 15 is 0 Å². The number of thiocarbonyl (C=S) groups is 1. The van der Waals surface area contributed by atoms with E-state index < -0.39 is 28.7 Å². The highest BCUT2D eigenvalue weighted by Gasteiger charge is 2.56. The molecule has 0 unspecified atom stereocenters. The largest absolute Gasteiger partial charge is 0.508 e. The summed E-state index contributed by atoms with van der Waals surface area (Å²) in [4.78, 5) is 15.6. The molecule has 0 spiro atoms. The molecule has 1 N–H and O–H groups in total. The van der Waals surface area contributed by atoms with Gasteiger partial charge in [0.15, 0.2) is 10.7 Å². The van der Waals surface area contributed by atoms with Crippen molar-refractivity contribution >= 4 is 57.8 Å². The molecular weight excluding hydrogens is 462 g/mol. The minimum Gasteiger partial charge on any atom is -0.508 e. The number of amides is 1. The van der Waals surface area contributed by atoms with Crippen molar-refractivity contribution in [3.63, 3.8) is 0 Å². The van der Waals surface area contributed by atoms with Gasteiger partial charge in [0.2, 0.25) is 0 Å². The predicted molar refractivity (Wildman–Crippen MR) is 111 cm³/mol. The van der Waals surface area contributed by atoms with Gasteiger partial charge in [0, 0.05) is 5.69 Å². The second-order valence-electron chi connectivity index (χ2n) is 6.41.